The van der Waals surface area contributed by atoms with E-state index in [4.69, 9.17) is 5.73 Å². The number of nitrogens with zero attached hydrogens (tertiary/aromatic N) is 1. The summed E-state index contributed by atoms with van der Waals surface area (Å²) in [4.78, 5) is 13.8. The predicted octanol–water partition coefficient (Wildman–Crippen LogP) is 1.55. The molecule has 0 spiro atoms. The second kappa shape index (κ2) is 5.51. The fourth-order valence-corrected chi connectivity index (χ4v) is 1.58. The highest BCUT2D eigenvalue weighted by Gasteiger charge is 2.18. The van der Waals surface area contributed by atoms with Gasteiger partial charge < -0.3 is 11.1 Å². The number of nitrogen functional groups attached to an aromatic ring is 1. The van der Waals surface area contributed by atoms with E-state index in [0.29, 0.717) is 5.69 Å². The molecule has 0 aromatic heterocycles. The number of nitrogens with two attached hydrogens (primary N) is 1. The molecule has 0 bridgehead atoms. The lowest BCUT2D eigenvalue weighted by Gasteiger charge is -2.21. The van der Waals surface area contributed by atoms with Gasteiger partial charge in [0.15, 0.2) is 0 Å². The first-order chi connectivity index (χ1) is 7.54. The quantitative estimate of drug-likeness (QED) is 0.758. The Kier molecular flexibility index (Phi) is 4.31. The second-order valence-corrected chi connectivity index (χ2v) is 4.00. The van der Waals surface area contributed by atoms with Crippen LogP contribution in [0.1, 0.15) is 13.3 Å². The van der Waals surface area contributed by atoms with Gasteiger partial charge in [0.2, 0.25) is 5.91 Å². The average Bonchev–Trinajstić information content (AvgIpc) is 2.22. The number of benzene rings is 1. The number of likely N-dealkylation sites (N-methyl/N-ethyl adjacent to an activating group) is 1. The van der Waals surface area contributed by atoms with Crippen LogP contribution in [-0.2, 0) is 4.79 Å². The molecule has 1 unspecified atom stereocenters. The molecule has 4 heteroatoms. The maximum absolute atomic E-state index is 11.9. The van der Waals surface area contributed by atoms with Crippen molar-refractivity contribution in [2.45, 2.75) is 19.4 Å². The topological polar surface area (TPSA) is 58.4 Å². The summed E-state index contributed by atoms with van der Waals surface area (Å²) in [5, 5.41) is 2.87. The van der Waals surface area contributed by atoms with Crippen LogP contribution < -0.4 is 11.1 Å². The fraction of sp³-hybridized carbons (Fsp3) is 0.417. The van der Waals surface area contributed by atoms with Gasteiger partial charge in [0.05, 0.1) is 6.04 Å². The first-order valence-electron chi connectivity index (χ1n) is 5.37. The Bertz CT molecular complexity index is 346. The van der Waals surface area contributed by atoms with Crippen LogP contribution in [0.25, 0.3) is 0 Å². The van der Waals surface area contributed by atoms with E-state index in [2.05, 4.69) is 5.32 Å². The molecule has 0 aliphatic carbocycles. The highest BCUT2D eigenvalue weighted by Crippen LogP contribution is 2.12. The SMILES string of the molecule is CCC(C(=O)Nc1ccc(N)cc1)N(C)C. The molecule has 1 atom stereocenters. The number of carbonyl (C=O) groups excluding carboxylic acids is 1. The lowest BCUT2D eigenvalue weighted by atomic mass is 10.2. The predicted molar refractivity (Wildman–Crippen MR) is 67.3 cm³/mol. The third kappa shape index (κ3) is 3.24. The lowest BCUT2D eigenvalue weighted by molar-refractivity contribution is -0.120. The third-order valence-electron chi connectivity index (χ3n) is 2.49. The van der Waals surface area contributed by atoms with Gasteiger partial charge in [-0.2, -0.15) is 0 Å². The van der Waals surface area contributed by atoms with Crippen molar-refractivity contribution in [1.82, 2.24) is 4.90 Å². The summed E-state index contributed by atoms with van der Waals surface area (Å²) in [5.41, 5.74) is 7.04. The van der Waals surface area contributed by atoms with Crippen LogP contribution in [0, 0.1) is 0 Å². The van der Waals surface area contributed by atoms with Crippen molar-refractivity contribution < 1.29 is 4.79 Å². The van der Waals surface area contributed by atoms with Gasteiger partial charge in [-0.25, -0.2) is 0 Å². The Morgan fingerprint density at radius 3 is 2.38 bits per heavy atom. The van der Waals surface area contributed by atoms with Crippen molar-refractivity contribution in [3.63, 3.8) is 0 Å². The first kappa shape index (κ1) is 12.5. The normalized spacial score (nSPS) is 12.5. The molecule has 0 saturated heterocycles. The Morgan fingerprint density at radius 1 is 1.38 bits per heavy atom. The van der Waals surface area contributed by atoms with Crippen LogP contribution in [0.3, 0.4) is 0 Å². The minimum atomic E-state index is -0.0995. The Balaban J connectivity index is 2.66. The van der Waals surface area contributed by atoms with E-state index in [-0.39, 0.29) is 11.9 Å². The van der Waals surface area contributed by atoms with E-state index in [1.807, 2.05) is 25.9 Å². The van der Waals surface area contributed by atoms with E-state index in [0.717, 1.165) is 12.1 Å². The lowest BCUT2D eigenvalue weighted by Crippen LogP contribution is -2.39. The molecule has 0 aliphatic heterocycles. The summed E-state index contributed by atoms with van der Waals surface area (Å²) in [6, 6.07) is 7.04. The number of anilines is 2. The minimum Gasteiger partial charge on any atom is -0.399 e. The molecule has 0 saturated carbocycles. The van der Waals surface area contributed by atoms with Crippen molar-refractivity contribution >= 4 is 17.3 Å². The maximum Gasteiger partial charge on any atom is 0.241 e. The number of hydrogen-bond donors (Lipinski definition) is 2. The van der Waals surface area contributed by atoms with Crippen LogP contribution in [0.4, 0.5) is 11.4 Å². The van der Waals surface area contributed by atoms with Crippen molar-refractivity contribution in [2.75, 3.05) is 25.1 Å². The van der Waals surface area contributed by atoms with E-state index in [9.17, 15) is 4.79 Å². The van der Waals surface area contributed by atoms with E-state index in [1.165, 1.54) is 0 Å². The zero-order valence-electron chi connectivity index (χ0n) is 10.0. The number of amides is 1. The number of hydrogen-bond acceptors (Lipinski definition) is 3. The first-order valence-corrected chi connectivity index (χ1v) is 5.37. The van der Waals surface area contributed by atoms with Crippen molar-refractivity contribution in [2.24, 2.45) is 0 Å². The molecule has 1 rings (SSSR count). The van der Waals surface area contributed by atoms with Gasteiger partial charge in [0, 0.05) is 11.4 Å². The molecule has 88 valence electrons. The summed E-state index contributed by atoms with van der Waals surface area (Å²) in [6.45, 7) is 1.99. The summed E-state index contributed by atoms with van der Waals surface area (Å²) in [6.07, 6.45) is 0.786. The van der Waals surface area contributed by atoms with Crippen LogP contribution in [0.15, 0.2) is 24.3 Å². The molecule has 4 nitrogen and oxygen atoms in total. The number of carbonyl (C=O) groups is 1. The minimum absolute atomic E-state index is 0.0114. The largest absolute Gasteiger partial charge is 0.399 e. The molecule has 1 amide bonds. The van der Waals surface area contributed by atoms with Crippen molar-refractivity contribution in [3.05, 3.63) is 24.3 Å². The Morgan fingerprint density at radius 2 is 1.94 bits per heavy atom. The van der Waals surface area contributed by atoms with Crippen LogP contribution in [0.5, 0.6) is 0 Å². The molecule has 1 aromatic carbocycles. The standard InChI is InChI=1S/C12H19N3O/c1-4-11(15(2)3)12(16)14-10-7-5-9(13)6-8-10/h5-8,11H,4,13H2,1-3H3,(H,14,16). The molecule has 0 aliphatic rings. The van der Waals surface area contributed by atoms with Crippen molar-refractivity contribution in [1.29, 1.82) is 0 Å². The Labute approximate surface area is 96.4 Å². The van der Waals surface area contributed by atoms with Gasteiger partial charge in [0.25, 0.3) is 0 Å². The number of rotatable bonds is 4. The molecule has 16 heavy (non-hydrogen) atoms. The van der Waals surface area contributed by atoms with Gasteiger partial charge >= 0.3 is 0 Å². The van der Waals surface area contributed by atoms with E-state index < -0.39 is 0 Å². The van der Waals surface area contributed by atoms with Crippen LogP contribution in [0.2, 0.25) is 0 Å². The summed E-state index contributed by atoms with van der Waals surface area (Å²) < 4.78 is 0. The highest BCUT2D eigenvalue weighted by molar-refractivity contribution is 5.94. The van der Waals surface area contributed by atoms with Crippen LogP contribution in [-0.4, -0.2) is 30.9 Å². The van der Waals surface area contributed by atoms with Gasteiger partial charge in [-0.1, -0.05) is 6.92 Å². The van der Waals surface area contributed by atoms with Crippen LogP contribution >= 0.6 is 0 Å². The summed E-state index contributed by atoms with van der Waals surface area (Å²) in [7, 11) is 3.80. The maximum atomic E-state index is 11.9. The average molecular weight is 221 g/mol. The molecule has 1 aromatic rings. The third-order valence-corrected chi connectivity index (χ3v) is 2.49. The summed E-state index contributed by atoms with van der Waals surface area (Å²) in [5.74, 6) is 0.0114. The van der Waals surface area contributed by atoms with E-state index in [1.54, 1.807) is 24.3 Å². The number of nitrogens with one attached hydrogen (secondary N) is 1. The Hall–Kier alpha value is -1.55. The van der Waals surface area contributed by atoms with Gasteiger partial charge in [-0.15, -0.1) is 0 Å². The second-order valence-electron chi connectivity index (χ2n) is 4.00. The van der Waals surface area contributed by atoms with E-state index >= 15 is 0 Å². The molecular formula is C12H19N3O. The summed E-state index contributed by atoms with van der Waals surface area (Å²) >= 11 is 0. The molecule has 0 radical (unpaired) electrons. The van der Waals surface area contributed by atoms with Crippen molar-refractivity contribution in [3.8, 4) is 0 Å². The molecular weight excluding hydrogens is 202 g/mol. The van der Waals surface area contributed by atoms with Gasteiger partial charge in [0.1, 0.15) is 0 Å². The van der Waals surface area contributed by atoms with Gasteiger partial charge in [-0.05, 0) is 44.8 Å². The molecule has 3 N–H and O–H groups in total. The molecule has 0 heterocycles. The van der Waals surface area contributed by atoms with Gasteiger partial charge in [-0.3, -0.25) is 9.69 Å². The fourth-order valence-electron chi connectivity index (χ4n) is 1.58. The highest BCUT2D eigenvalue weighted by atomic mass is 16.2. The molecule has 0 fully saturated rings. The zero-order valence-corrected chi connectivity index (χ0v) is 10.0. The smallest absolute Gasteiger partial charge is 0.241 e. The monoisotopic (exact) mass is 221 g/mol. The zero-order chi connectivity index (χ0) is 12.1.